The summed E-state index contributed by atoms with van der Waals surface area (Å²) < 4.78 is 6.29. The van der Waals surface area contributed by atoms with Crippen molar-refractivity contribution in [2.45, 2.75) is 19.3 Å². The van der Waals surface area contributed by atoms with Crippen molar-refractivity contribution in [3.63, 3.8) is 0 Å². The Bertz CT molecular complexity index is 2360. The third-order valence-corrected chi connectivity index (χ3v) is 9.51. The summed E-state index contributed by atoms with van der Waals surface area (Å²) in [6, 6.07) is 51.1. The number of furan rings is 1. The zero-order valence-corrected chi connectivity index (χ0v) is 25.7. The summed E-state index contributed by atoms with van der Waals surface area (Å²) in [7, 11) is 0. The summed E-state index contributed by atoms with van der Waals surface area (Å²) in [5, 5.41) is 2.35. The lowest BCUT2D eigenvalue weighted by Crippen LogP contribution is -2.14. The van der Waals surface area contributed by atoms with Gasteiger partial charge in [-0.2, -0.15) is 0 Å². The van der Waals surface area contributed by atoms with Crippen LogP contribution in [0.15, 0.2) is 150 Å². The van der Waals surface area contributed by atoms with Crippen molar-refractivity contribution in [2.24, 2.45) is 0 Å². The van der Waals surface area contributed by atoms with E-state index >= 15 is 0 Å². The predicted molar refractivity (Wildman–Crippen MR) is 189 cm³/mol. The van der Waals surface area contributed by atoms with Crippen LogP contribution >= 0.6 is 0 Å². The van der Waals surface area contributed by atoms with Gasteiger partial charge in [0, 0.05) is 32.9 Å². The van der Waals surface area contributed by atoms with Crippen molar-refractivity contribution in [3.8, 4) is 56.2 Å². The van der Waals surface area contributed by atoms with Gasteiger partial charge in [0.15, 0.2) is 5.82 Å². The van der Waals surface area contributed by atoms with E-state index in [2.05, 4.69) is 111 Å². The average molecular weight is 591 g/mol. The van der Waals surface area contributed by atoms with Crippen LogP contribution in [0.3, 0.4) is 0 Å². The first-order valence-electron chi connectivity index (χ1n) is 15.7. The fourth-order valence-corrected chi connectivity index (χ4v) is 7.05. The number of benzene rings is 6. The Morgan fingerprint density at radius 2 is 1.02 bits per heavy atom. The molecule has 8 aromatic rings. The van der Waals surface area contributed by atoms with Crippen LogP contribution in [0.4, 0.5) is 0 Å². The van der Waals surface area contributed by atoms with E-state index in [1.54, 1.807) is 0 Å². The molecule has 0 saturated heterocycles. The Kier molecular flexibility index (Phi) is 5.85. The van der Waals surface area contributed by atoms with Crippen molar-refractivity contribution in [2.75, 3.05) is 0 Å². The van der Waals surface area contributed by atoms with Gasteiger partial charge in [0.1, 0.15) is 11.2 Å². The zero-order valence-electron chi connectivity index (χ0n) is 25.7. The normalized spacial score (nSPS) is 13.2. The second-order valence-corrected chi connectivity index (χ2v) is 12.6. The van der Waals surface area contributed by atoms with Gasteiger partial charge in [0.05, 0.1) is 11.4 Å². The van der Waals surface area contributed by atoms with Crippen molar-refractivity contribution >= 4 is 21.9 Å². The highest BCUT2D eigenvalue weighted by Gasteiger charge is 2.36. The minimum absolute atomic E-state index is 0.0977. The number of aromatic nitrogens is 2. The van der Waals surface area contributed by atoms with E-state index in [0.29, 0.717) is 0 Å². The van der Waals surface area contributed by atoms with Gasteiger partial charge in [-0.15, -0.1) is 0 Å². The van der Waals surface area contributed by atoms with Crippen molar-refractivity contribution < 1.29 is 4.42 Å². The fourth-order valence-electron chi connectivity index (χ4n) is 7.05. The van der Waals surface area contributed by atoms with Crippen LogP contribution in [0.1, 0.15) is 25.0 Å². The van der Waals surface area contributed by atoms with E-state index in [-0.39, 0.29) is 5.41 Å². The van der Waals surface area contributed by atoms with Crippen LogP contribution in [0.2, 0.25) is 0 Å². The van der Waals surface area contributed by atoms with Crippen molar-refractivity contribution in [3.05, 3.63) is 157 Å². The standard InChI is InChI=1S/C43H30N2O/c1-43(2)36-22-21-31(23-33(36)34-25-41-35(24-37(34)43)32-15-9-10-16-40(32)46-41)27-17-19-29(20-18-27)39-26-38(28-11-5-3-6-12-28)44-42(45-39)30-13-7-4-8-14-30/h3-26H,1-2H3. The lowest BCUT2D eigenvalue weighted by atomic mass is 9.81. The molecule has 0 N–H and O–H groups in total. The second kappa shape index (κ2) is 10.1. The molecule has 3 nitrogen and oxygen atoms in total. The summed E-state index contributed by atoms with van der Waals surface area (Å²) in [5.41, 5.74) is 14.3. The lowest BCUT2D eigenvalue weighted by Gasteiger charge is -2.21. The first-order chi connectivity index (χ1) is 22.5. The minimum Gasteiger partial charge on any atom is -0.456 e. The van der Waals surface area contributed by atoms with E-state index in [1.807, 2.05) is 48.5 Å². The molecule has 0 amide bonds. The Morgan fingerprint density at radius 1 is 0.435 bits per heavy atom. The summed E-state index contributed by atoms with van der Waals surface area (Å²) in [6.45, 7) is 4.66. The molecule has 1 aliphatic carbocycles. The monoisotopic (exact) mass is 590 g/mol. The van der Waals surface area contributed by atoms with Gasteiger partial charge in [0.25, 0.3) is 0 Å². The molecule has 3 heteroatoms. The Balaban J connectivity index is 1.11. The molecule has 1 aliphatic rings. The molecular formula is C43H30N2O. The minimum atomic E-state index is -0.0977. The molecule has 0 atom stereocenters. The molecule has 218 valence electrons. The number of para-hydroxylation sites is 1. The summed E-state index contributed by atoms with van der Waals surface area (Å²) in [6.07, 6.45) is 0. The van der Waals surface area contributed by atoms with E-state index < -0.39 is 0 Å². The molecule has 0 unspecified atom stereocenters. The fraction of sp³-hybridized carbons (Fsp3) is 0.0698. The van der Waals surface area contributed by atoms with Gasteiger partial charge in [0.2, 0.25) is 0 Å². The first kappa shape index (κ1) is 26.6. The maximum Gasteiger partial charge on any atom is 0.160 e. The van der Waals surface area contributed by atoms with Crippen LogP contribution in [0.25, 0.3) is 78.1 Å². The maximum absolute atomic E-state index is 6.29. The van der Waals surface area contributed by atoms with Gasteiger partial charge in [-0.3, -0.25) is 0 Å². The van der Waals surface area contributed by atoms with E-state index in [4.69, 9.17) is 14.4 Å². The first-order valence-corrected chi connectivity index (χ1v) is 15.7. The SMILES string of the molecule is CC1(C)c2ccc(-c3ccc(-c4cc(-c5ccccc5)nc(-c5ccccc5)n4)cc3)cc2-c2cc3oc4ccccc4c3cc21. The average Bonchev–Trinajstić information content (AvgIpc) is 3.59. The van der Waals surface area contributed by atoms with Gasteiger partial charge >= 0.3 is 0 Å². The Labute approximate surface area is 267 Å². The summed E-state index contributed by atoms with van der Waals surface area (Å²) >= 11 is 0. The molecule has 0 spiro atoms. The Hall–Kier alpha value is -5.80. The van der Waals surface area contributed by atoms with Crippen LogP contribution in [-0.4, -0.2) is 9.97 Å². The predicted octanol–water partition coefficient (Wildman–Crippen LogP) is 11.4. The zero-order chi connectivity index (χ0) is 30.8. The molecular weight excluding hydrogens is 560 g/mol. The van der Waals surface area contributed by atoms with Crippen molar-refractivity contribution in [1.82, 2.24) is 9.97 Å². The lowest BCUT2D eigenvalue weighted by molar-refractivity contribution is 0.658. The molecule has 0 bridgehead atoms. The molecule has 0 aliphatic heterocycles. The number of hydrogen-bond acceptors (Lipinski definition) is 3. The molecule has 46 heavy (non-hydrogen) atoms. The smallest absolute Gasteiger partial charge is 0.160 e. The summed E-state index contributed by atoms with van der Waals surface area (Å²) in [4.78, 5) is 9.95. The topological polar surface area (TPSA) is 38.9 Å². The summed E-state index contributed by atoms with van der Waals surface area (Å²) in [5.74, 6) is 0.722. The molecule has 2 heterocycles. The molecule has 0 radical (unpaired) electrons. The molecule has 0 saturated carbocycles. The quantitative estimate of drug-likeness (QED) is 0.205. The van der Waals surface area contributed by atoms with E-state index in [9.17, 15) is 0 Å². The molecule has 9 rings (SSSR count). The van der Waals surface area contributed by atoms with Gasteiger partial charge in [-0.25, -0.2) is 9.97 Å². The number of fused-ring (bicyclic) bond motifs is 6. The van der Waals surface area contributed by atoms with Gasteiger partial charge in [-0.05, 0) is 63.7 Å². The highest BCUT2D eigenvalue weighted by Crippen LogP contribution is 2.51. The molecule has 2 aromatic heterocycles. The van der Waals surface area contributed by atoms with Gasteiger partial charge in [-0.1, -0.05) is 129 Å². The van der Waals surface area contributed by atoms with Crippen molar-refractivity contribution in [1.29, 1.82) is 0 Å². The van der Waals surface area contributed by atoms with E-state index in [1.165, 1.54) is 44.2 Å². The highest BCUT2D eigenvalue weighted by molar-refractivity contribution is 6.07. The van der Waals surface area contributed by atoms with Gasteiger partial charge < -0.3 is 4.42 Å². The number of hydrogen-bond donors (Lipinski definition) is 0. The third-order valence-electron chi connectivity index (χ3n) is 9.51. The van der Waals surface area contributed by atoms with Crippen LogP contribution < -0.4 is 0 Å². The highest BCUT2D eigenvalue weighted by atomic mass is 16.3. The van der Waals surface area contributed by atoms with E-state index in [0.717, 1.165) is 45.1 Å². The van der Waals surface area contributed by atoms with Crippen LogP contribution in [-0.2, 0) is 5.41 Å². The Morgan fingerprint density at radius 3 is 1.76 bits per heavy atom. The number of rotatable bonds is 4. The molecule has 6 aromatic carbocycles. The third kappa shape index (κ3) is 4.20. The second-order valence-electron chi connectivity index (χ2n) is 12.6. The largest absolute Gasteiger partial charge is 0.456 e. The number of nitrogens with zero attached hydrogens (tertiary/aromatic N) is 2. The molecule has 0 fully saturated rings. The van der Waals surface area contributed by atoms with Crippen LogP contribution in [0, 0.1) is 0 Å². The maximum atomic E-state index is 6.29. The van der Waals surface area contributed by atoms with Crippen LogP contribution in [0.5, 0.6) is 0 Å².